The summed E-state index contributed by atoms with van der Waals surface area (Å²) in [6.45, 7) is 3.55. The Morgan fingerprint density at radius 1 is 1.10 bits per heavy atom. The summed E-state index contributed by atoms with van der Waals surface area (Å²) in [5, 5.41) is 0. The van der Waals surface area contributed by atoms with Crippen molar-refractivity contribution in [3.05, 3.63) is 50.5 Å². The van der Waals surface area contributed by atoms with Gasteiger partial charge in [0.05, 0.1) is 10.6 Å². The van der Waals surface area contributed by atoms with Gasteiger partial charge in [-0.3, -0.25) is 4.72 Å². The van der Waals surface area contributed by atoms with Crippen LogP contribution in [0.1, 0.15) is 11.3 Å². The lowest BCUT2D eigenvalue weighted by Gasteiger charge is -2.11. The summed E-state index contributed by atoms with van der Waals surface area (Å²) in [6, 6.07) is 8.49. The molecule has 2 aromatic rings. The Morgan fingerprint density at radius 2 is 1.80 bits per heavy atom. The molecule has 20 heavy (non-hydrogen) atoms. The minimum absolute atomic E-state index is 0.231. The van der Waals surface area contributed by atoms with E-state index in [9.17, 15) is 8.42 Å². The van der Waals surface area contributed by atoms with Crippen molar-refractivity contribution in [2.75, 3.05) is 4.72 Å². The third-order valence-electron chi connectivity index (χ3n) is 2.70. The van der Waals surface area contributed by atoms with Crippen molar-refractivity contribution in [1.82, 2.24) is 4.98 Å². The van der Waals surface area contributed by atoms with Gasteiger partial charge in [0.15, 0.2) is 0 Å². The molecule has 0 saturated carbocycles. The number of pyridine rings is 1. The van der Waals surface area contributed by atoms with E-state index in [1.165, 1.54) is 0 Å². The van der Waals surface area contributed by atoms with Crippen LogP contribution in [0.5, 0.6) is 0 Å². The Bertz CT molecular complexity index is 761. The van der Waals surface area contributed by atoms with Gasteiger partial charge in [-0.2, -0.15) is 0 Å². The molecule has 1 N–H and O–H groups in total. The van der Waals surface area contributed by atoms with E-state index in [0.29, 0.717) is 15.9 Å². The lowest BCUT2D eigenvalue weighted by Crippen LogP contribution is -2.15. The molecule has 0 amide bonds. The van der Waals surface area contributed by atoms with Crippen LogP contribution < -0.4 is 4.72 Å². The minimum Gasteiger partial charge on any atom is -0.263 e. The lowest BCUT2D eigenvalue weighted by molar-refractivity contribution is 0.600. The predicted molar refractivity (Wildman–Crippen MR) is 86.4 cm³/mol. The number of aromatic nitrogens is 1. The molecule has 0 unspecified atom stereocenters. The number of benzene rings is 1. The van der Waals surface area contributed by atoms with Gasteiger partial charge in [-0.05, 0) is 59.6 Å². The number of hydrogen-bond acceptors (Lipinski definition) is 3. The van der Waals surface area contributed by atoms with Crippen molar-refractivity contribution < 1.29 is 8.42 Å². The van der Waals surface area contributed by atoms with Gasteiger partial charge >= 0.3 is 0 Å². The molecule has 0 fully saturated rings. The van der Waals surface area contributed by atoms with E-state index in [2.05, 4.69) is 41.6 Å². The second kappa shape index (κ2) is 5.83. The van der Waals surface area contributed by atoms with E-state index in [1.807, 2.05) is 0 Å². The van der Waals surface area contributed by atoms with Gasteiger partial charge in [-0.15, -0.1) is 0 Å². The zero-order chi connectivity index (χ0) is 14.9. The van der Waals surface area contributed by atoms with Crippen LogP contribution in [0, 0.1) is 13.8 Å². The average Bonchev–Trinajstić information content (AvgIpc) is 2.36. The molecule has 0 atom stereocenters. The number of hydrogen-bond donors (Lipinski definition) is 1. The Kier molecular flexibility index (Phi) is 4.51. The highest BCUT2D eigenvalue weighted by atomic mass is 79.9. The van der Waals surface area contributed by atoms with Crippen molar-refractivity contribution in [3.8, 4) is 0 Å². The second-order valence-electron chi connectivity index (χ2n) is 4.28. The zero-order valence-electron chi connectivity index (χ0n) is 10.8. The molecule has 4 nitrogen and oxygen atoms in total. The molecule has 0 spiro atoms. The van der Waals surface area contributed by atoms with E-state index in [-0.39, 0.29) is 4.90 Å². The first-order chi connectivity index (χ1) is 9.29. The summed E-state index contributed by atoms with van der Waals surface area (Å²) < 4.78 is 28.8. The second-order valence-corrected chi connectivity index (χ2v) is 7.70. The minimum atomic E-state index is -3.65. The first-order valence-electron chi connectivity index (χ1n) is 5.72. The van der Waals surface area contributed by atoms with Crippen molar-refractivity contribution in [1.29, 1.82) is 0 Å². The number of sulfonamides is 1. The van der Waals surface area contributed by atoms with Crippen LogP contribution in [-0.4, -0.2) is 13.4 Å². The molecular formula is C13H12Br2N2O2S. The van der Waals surface area contributed by atoms with E-state index < -0.39 is 10.0 Å². The van der Waals surface area contributed by atoms with E-state index in [0.717, 1.165) is 10.2 Å². The maximum absolute atomic E-state index is 12.4. The van der Waals surface area contributed by atoms with Crippen LogP contribution in [0.2, 0.25) is 0 Å². The first-order valence-corrected chi connectivity index (χ1v) is 8.78. The Morgan fingerprint density at radius 3 is 2.45 bits per heavy atom. The fourth-order valence-corrected chi connectivity index (χ4v) is 3.66. The summed E-state index contributed by atoms with van der Waals surface area (Å²) in [6.07, 6.45) is 0. The highest BCUT2D eigenvalue weighted by Crippen LogP contribution is 2.23. The lowest BCUT2D eigenvalue weighted by atomic mass is 10.2. The van der Waals surface area contributed by atoms with Gasteiger partial charge in [0.1, 0.15) is 5.82 Å². The normalized spacial score (nSPS) is 11.4. The number of nitrogens with one attached hydrogen (secondary N) is 1. The molecule has 0 bridgehead atoms. The van der Waals surface area contributed by atoms with E-state index >= 15 is 0 Å². The van der Waals surface area contributed by atoms with Gasteiger partial charge in [0.2, 0.25) is 0 Å². The molecule has 2 rings (SSSR count). The topological polar surface area (TPSA) is 59.1 Å². The van der Waals surface area contributed by atoms with Crippen LogP contribution in [0.4, 0.5) is 5.82 Å². The van der Waals surface area contributed by atoms with E-state index in [4.69, 9.17) is 0 Å². The third-order valence-corrected chi connectivity index (χ3v) is 5.53. The summed E-state index contributed by atoms with van der Waals surface area (Å²) in [5.74, 6) is 0.296. The van der Waals surface area contributed by atoms with Crippen molar-refractivity contribution in [2.45, 2.75) is 18.7 Å². The van der Waals surface area contributed by atoms with Crippen LogP contribution in [0.25, 0.3) is 0 Å². The fourth-order valence-electron chi connectivity index (χ4n) is 1.66. The van der Waals surface area contributed by atoms with Crippen molar-refractivity contribution >= 4 is 47.7 Å². The average molecular weight is 420 g/mol. The van der Waals surface area contributed by atoms with Crippen molar-refractivity contribution in [3.63, 3.8) is 0 Å². The smallest absolute Gasteiger partial charge is 0.263 e. The number of nitrogens with zero attached hydrogens (tertiary/aromatic N) is 1. The Hall–Kier alpha value is -0.920. The summed E-state index contributed by atoms with van der Waals surface area (Å²) in [7, 11) is -3.65. The van der Waals surface area contributed by atoms with Crippen LogP contribution in [-0.2, 0) is 10.0 Å². The van der Waals surface area contributed by atoms with Gasteiger partial charge in [0, 0.05) is 8.95 Å². The zero-order valence-corrected chi connectivity index (χ0v) is 14.8. The number of halogens is 2. The number of rotatable bonds is 3. The molecule has 106 valence electrons. The monoisotopic (exact) mass is 418 g/mol. The maximum Gasteiger partial charge on any atom is 0.263 e. The molecule has 1 heterocycles. The van der Waals surface area contributed by atoms with Crippen LogP contribution in [0.3, 0.4) is 0 Å². The predicted octanol–water partition coefficient (Wildman–Crippen LogP) is 4.02. The number of aryl methyl sites for hydroxylation is 2. The molecule has 1 aromatic heterocycles. The standard InChI is InChI=1S/C13H12Br2N2O2S/c1-8-3-4-10(14)7-12(8)20(18,19)17-13-6-5-11(15)9(2)16-13/h3-7H,1-2H3,(H,16,17). The third kappa shape index (κ3) is 3.39. The van der Waals surface area contributed by atoms with Crippen LogP contribution >= 0.6 is 31.9 Å². The summed E-state index contributed by atoms with van der Waals surface area (Å²) in [4.78, 5) is 4.42. The molecule has 0 aliphatic carbocycles. The molecule has 0 aliphatic heterocycles. The quantitative estimate of drug-likeness (QED) is 0.816. The Labute approximate surface area is 134 Å². The van der Waals surface area contributed by atoms with Crippen molar-refractivity contribution in [2.24, 2.45) is 0 Å². The summed E-state index contributed by atoms with van der Waals surface area (Å²) in [5.41, 5.74) is 1.39. The highest BCUT2D eigenvalue weighted by molar-refractivity contribution is 9.10. The number of anilines is 1. The van der Waals surface area contributed by atoms with Gasteiger partial charge in [-0.25, -0.2) is 13.4 Å². The van der Waals surface area contributed by atoms with Crippen LogP contribution in [0.15, 0.2) is 44.2 Å². The SMILES string of the molecule is Cc1ccc(Br)cc1S(=O)(=O)Nc1ccc(Br)c(C)n1. The molecule has 1 aromatic carbocycles. The molecule has 0 aliphatic rings. The van der Waals surface area contributed by atoms with E-state index in [1.54, 1.807) is 44.2 Å². The van der Waals surface area contributed by atoms with Gasteiger partial charge < -0.3 is 0 Å². The van der Waals surface area contributed by atoms with Gasteiger partial charge in [-0.1, -0.05) is 22.0 Å². The molecular weight excluding hydrogens is 408 g/mol. The molecule has 0 saturated heterocycles. The largest absolute Gasteiger partial charge is 0.263 e. The van der Waals surface area contributed by atoms with Gasteiger partial charge in [0.25, 0.3) is 10.0 Å². The fraction of sp³-hybridized carbons (Fsp3) is 0.154. The highest BCUT2D eigenvalue weighted by Gasteiger charge is 2.18. The molecule has 7 heteroatoms. The first kappa shape index (κ1) is 15.5. The molecule has 0 radical (unpaired) electrons. The maximum atomic E-state index is 12.4. The summed E-state index contributed by atoms with van der Waals surface area (Å²) >= 11 is 6.61. The Balaban J connectivity index is 2.40.